The molecule has 3 aromatic heterocycles. The highest BCUT2D eigenvalue weighted by Crippen LogP contribution is 2.36. The van der Waals surface area contributed by atoms with Crippen molar-refractivity contribution in [1.82, 2.24) is 24.3 Å². The lowest BCUT2D eigenvalue weighted by atomic mass is 10.1. The average Bonchev–Trinajstić information content (AvgIpc) is 3.42. The normalized spacial score (nSPS) is 11.0. The van der Waals surface area contributed by atoms with Crippen molar-refractivity contribution in [2.45, 2.75) is 16.7 Å². The Hall–Kier alpha value is -3.35. The Bertz CT molecular complexity index is 1310. The van der Waals surface area contributed by atoms with Crippen LogP contribution in [0.5, 0.6) is 0 Å². The molecule has 0 aliphatic rings. The van der Waals surface area contributed by atoms with Gasteiger partial charge in [0.05, 0.1) is 4.90 Å². The van der Waals surface area contributed by atoms with Gasteiger partial charge in [0.15, 0.2) is 5.82 Å². The summed E-state index contributed by atoms with van der Waals surface area (Å²) < 4.78 is 3.88. The molecule has 152 valence electrons. The molecule has 0 atom stereocenters. The number of hydrogen-bond donors (Lipinski definition) is 0. The molecule has 5 rings (SSSR count). The summed E-state index contributed by atoms with van der Waals surface area (Å²) in [6.45, 7) is 1.99. The van der Waals surface area contributed by atoms with Crippen LogP contribution in [0.4, 0.5) is 0 Å². The minimum Gasteiger partial charge on any atom is -0.304 e. The van der Waals surface area contributed by atoms with Gasteiger partial charge in [-0.15, -0.1) is 0 Å². The zero-order valence-electron chi connectivity index (χ0n) is 16.7. The molecule has 5 nitrogen and oxygen atoms in total. The van der Waals surface area contributed by atoms with E-state index >= 15 is 0 Å². The molecule has 0 radical (unpaired) electrons. The van der Waals surface area contributed by atoms with Gasteiger partial charge in [0.1, 0.15) is 11.5 Å². The minimum atomic E-state index is 0.721. The van der Waals surface area contributed by atoms with Gasteiger partial charge < -0.3 is 4.57 Å². The highest BCUT2D eigenvalue weighted by Gasteiger charge is 2.15. The van der Waals surface area contributed by atoms with Crippen LogP contribution >= 0.6 is 23.4 Å². The van der Waals surface area contributed by atoms with E-state index in [1.165, 1.54) is 0 Å². The van der Waals surface area contributed by atoms with Gasteiger partial charge in [-0.2, -0.15) is 5.10 Å². The van der Waals surface area contributed by atoms with Crippen LogP contribution in [0.1, 0.15) is 5.82 Å². The van der Waals surface area contributed by atoms with Crippen LogP contribution in [0.2, 0.25) is 5.02 Å². The monoisotopic (exact) mass is 443 g/mol. The van der Waals surface area contributed by atoms with Crippen LogP contribution in [0.15, 0.2) is 101 Å². The second-order valence-electron chi connectivity index (χ2n) is 6.92. The summed E-state index contributed by atoms with van der Waals surface area (Å²) >= 11 is 7.71. The van der Waals surface area contributed by atoms with Crippen molar-refractivity contribution in [1.29, 1.82) is 0 Å². The maximum absolute atomic E-state index is 6.05. The first-order valence-electron chi connectivity index (χ1n) is 9.73. The molecule has 0 spiro atoms. The van der Waals surface area contributed by atoms with Crippen LogP contribution < -0.4 is 0 Å². The van der Waals surface area contributed by atoms with Gasteiger partial charge in [-0.05, 0) is 55.5 Å². The molecule has 5 aromatic rings. The molecule has 0 unspecified atom stereocenters. The van der Waals surface area contributed by atoms with E-state index in [4.69, 9.17) is 16.7 Å². The molecule has 3 heterocycles. The molecule has 0 bridgehead atoms. The number of nitrogens with zero attached hydrogens (tertiary/aromatic N) is 5. The van der Waals surface area contributed by atoms with Crippen molar-refractivity contribution >= 4 is 23.4 Å². The predicted octanol–water partition coefficient (Wildman–Crippen LogP) is 6.23. The Morgan fingerprint density at radius 2 is 1.68 bits per heavy atom. The molecular formula is C24H18ClN5S. The molecule has 0 fully saturated rings. The lowest BCUT2D eigenvalue weighted by Gasteiger charge is -2.07. The molecule has 31 heavy (non-hydrogen) atoms. The van der Waals surface area contributed by atoms with Crippen LogP contribution in [-0.2, 0) is 0 Å². The van der Waals surface area contributed by atoms with E-state index in [0.29, 0.717) is 0 Å². The average molecular weight is 444 g/mol. The summed E-state index contributed by atoms with van der Waals surface area (Å²) in [5.74, 6) is 1.73. The van der Waals surface area contributed by atoms with Crippen molar-refractivity contribution < 1.29 is 0 Å². The lowest BCUT2D eigenvalue weighted by molar-refractivity contribution is 0.849. The summed E-state index contributed by atoms with van der Waals surface area (Å²) in [7, 11) is 0. The number of rotatable bonds is 5. The van der Waals surface area contributed by atoms with Gasteiger partial charge in [-0.25, -0.2) is 14.6 Å². The fourth-order valence-electron chi connectivity index (χ4n) is 3.30. The first kappa shape index (κ1) is 19.6. The minimum absolute atomic E-state index is 0.721. The van der Waals surface area contributed by atoms with Crippen LogP contribution in [0.25, 0.3) is 22.8 Å². The van der Waals surface area contributed by atoms with Gasteiger partial charge in [-0.3, -0.25) is 0 Å². The van der Waals surface area contributed by atoms with E-state index in [9.17, 15) is 0 Å². The summed E-state index contributed by atoms with van der Waals surface area (Å²) in [4.78, 5) is 10.9. The quantitative estimate of drug-likeness (QED) is 0.323. The van der Waals surface area contributed by atoms with Gasteiger partial charge in [-0.1, -0.05) is 41.6 Å². The van der Waals surface area contributed by atoms with E-state index in [0.717, 1.165) is 43.4 Å². The molecule has 0 saturated carbocycles. The Morgan fingerprint density at radius 1 is 0.871 bits per heavy atom. The van der Waals surface area contributed by atoms with Crippen LogP contribution in [0, 0.1) is 6.92 Å². The Morgan fingerprint density at radius 3 is 2.35 bits per heavy atom. The highest BCUT2D eigenvalue weighted by atomic mass is 35.5. The van der Waals surface area contributed by atoms with Crippen molar-refractivity contribution in [3.8, 4) is 22.8 Å². The summed E-state index contributed by atoms with van der Waals surface area (Å²) in [6.07, 6.45) is 7.55. The van der Waals surface area contributed by atoms with Crippen molar-refractivity contribution in [2.75, 3.05) is 0 Å². The number of pyridine rings is 1. The van der Waals surface area contributed by atoms with Crippen molar-refractivity contribution in [3.05, 3.63) is 102 Å². The zero-order chi connectivity index (χ0) is 21.2. The number of aromatic nitrogens is 5. The largest absolute Gasteiger partial charge is 0.304 e. The number of imidazole rings is 1. The summed E-state index contributed by atoms with van der Waals surface area (Å²) in [5, 5.41) is 5.58. The Labute approximate surface area is 189 Å². The van der Waals surface area contributed by atoms with Crippen LogP contribution in [-0.4, -0.2) is 24.3 Å². The molecule has 0 aliphatic heterocycles. The predicted molar refractivity (Wildman–Crippen MR) is 124 cm³/mol. The van der Waals surface area contributed by atoms with Gasteiger partial charge in [0.2, 0.25) is 0 Å². The third-order valence-corrected chi connectivity index (χ3v) is 6.13. The van der Waals surface area contributed by atoms with E-state index in [1.54, 1.807) is 24.2 Å². The second-order valence-corrected chi connectivity index (χ2v) is 8.47. The number of halogens is 1. The summed E-state index contributed by atoms with van der Waals surface area (Å²) in [6, 6.07) is 22.0. The fraction of sp³-hybridized carbons (Fsp3) is 0.0417. The lowest BCUT2D eigenvalue weighted by Crippen LogP contribution is -1.97. The third-order valence-electron chi connectivity index (χ3n) is 4.85. The maximum Gasteiger partial charge on any atom is 0.153 e. The van der Waals surface area contributed by atoms with Crippen molar-refractivity contribution in [3.63, 3.8) is 0 Å². The van der Waals surface area contributed by atoms with Crippen LogP contribution in [0.3, 0.4) is 0 Å². The maximum atomic E-state index is 6.05. The summed E-state index contributed by atoms with van der Waals surface area (Å²) in [5.41, 5.74) is 3.00. The van der Waals surface area contributed by atoms with E-state index in [-0.39, 0.29) is 0 Å². The second kappa shape index (κ2) is 8.41. The van der Waals surface area contributed by atoms with Crippen molar-refractivity contribution in [2.24, 2.45) is 0 Å². The smallest absolute Gasteiger partial charge is 0.153 e. The Balaban J connectivity index is 1.55. The van der Waals surface area contributed by atoms with E-state index < -0.39 is 0 Å². The van der Waals surface area contributed by atoms with Gasteiger partial charge in [0.25, 0.3) is 0 Å². The molecule has 0 saturated heterocycles. The first-order chi connectivity index (χ1) is 15.2. The number of benzene rings is 2. The standard InChI is InChI=1S/C24H18ClN5S/c1-17-26-14-15-29(17)20-9-5-18(6-10-20)24-22(31-21-11-7-19(25)8-12-21)16-30(28-24)23-4-2-3-13-27-23/h2-16H,1H3. The first-order valence-corrected chi connectivity index (χ1v) is 10.9. The molecule has 7 heteroatoms. The molecular weight excluding hydrogens is 426 g/mol. The van der Waals surface area contributed by atoms with E-state index in [2.05, 4.69) is 38.8 Å². The molecule has 0 aliphatic carbocycles. The van der Waals surface area contributed by atoms with E-state index in [1.807, 2.05) is 66.5 Å². The SMILES string of the molecule is Cc1nccn1-c1ccc(-c2nn(-c3ccccn3)cc2Sc2ccc(Cl)cc2)cc1. The number of aryl methyl sites for hydroxylation is 1. The van der Waals surface area contributed by atoms with Gasteiger partial charge >= 0.3 is 0 Å². The van der Waals surface area contributed by atoms with Gasteiger partial charge in [0, 0.05) is 46.0 Å². The molecule has 2 aromatic carbocycles. The molecule has 0 amide bonds. The Kier molecular flexibility index (Phi) is 5.32. The number of hydrogen-bond acceptors (Lipinski definition) is 4. The zero-order valence-corrected chi connectivity index (χ0v) is 18.3. The molecule has 0 N–H and O–H groups in total. The fourth-order valence-corrected chi connectivity index (χ4v) is 4.36. The highest BCUT2D eigenvalue weighted by molar-refractivity contribution is 7.99. The topological polar surface area (TPSA) is 48.5 Å². The third kappa shape index (κ3) is 4.13.